The van der Waals surface area contributed by atoms with E-state index in [0.29, 0.717) is 13.1 Å². The lowest BCUT2D eigenvalue weighted by molar-refractivity contribution is -0.0431. The molecule has 0 aromatic heterocycles. The predicted octanol–water partition coefficient (Wildman–Crippen LogP) is 1.06. The molecular formula is C13H24N2O3. The number of fused-ring (bicyclic) bond motifs is 1. The Morgan fingerprint density at radius 3 is 2.67 bits per heavy atom. The van der Waals surface area contributed by atoms with Gasteiger partial charge < -0.3 is 14.7 Å². The number of carbonyl (C=O) groups excluding carboxylic acids is 1. The number of aliphatic hydroxyl groups is 1. The smallest absolute Gasteiger partial charge is 0.410 e. The molecule has 5 heteroatoms. The fourth-order valence-electron chi connectivity index (χ4n) is 2.68. The highest BCUT2D eigenvalue weighted by atomic mass is 16.6. The van der Waals surface area contributed by atoms with Crippen molar-refractivity contribution in [1.29, 1.82) is 0 Å². The molecule has 18 heavy (non-hydrogen) atoms. The van der Waals surface area contributed by atoms with Crippen molar-refractivity contribution in [3.8, 4) is 0 Å². The molecule has 2 saturated heterocycles. The summed E-state index contributed by atoms with van der Waals surface area (Å²) >= 11 is 0. The van der Waals surface area contributed by atoms with Crippen LogP contribution in [0.1, 0.15) is 33.6 Å². The second kappa shape index (κ2) is 5.05. The van der Waals surface area contributed by atoms with E-state index in [4.69, 9.17) is 4.74 Å². The van der Waals surface area contributed by atoms with Gasteiger partial charge in [0.2, 0.25) is 0 Å². The van der Waals surface area contributed by atoms with Crippen molar-refractivity contribution >= 4 is 6.09 Å². The molecule has 0 aromatic rings. The van der Waals surface area contributed by atoms with Crippen molar-refractivity contribution in [2.45, 2.75) is 51.4 Å². The van der Waals surface area contributed by atoms with Gasteiger partial charge in [0.25, 0.3) is 0 Å². The maximum atomic E-state index is 12.0. The van der Waals surface area contributed by atoms with Gasteiger partial charge in [-0.25, -0.2) is 4.79 Å². The molecule has 1 N–H and O–H groups in total. The number of hydrogen-bond acceptors (Lipinski definition) is 4. The number of carbonyl (C=O) groups is 1. The van der Waals surface area contributed by atoms with Crippen molar-refractivity contribution in [3.05, 3.63) is 0 Å². The van der Waals surface area contributed by atoms with Gasteiger partial charge in [0.15, 0.2) is 0 Å². The number of ether oxygens (including phenoxy) is 1. The molecule has 0 aromatic carbocycles. The predicted molar refractivity (Wildman–Crippen MR) is 68.4 cm³/mol. The average molecular weight is 256 g/mol. The van der Waals surface area contributed by atoms with Crippen molar-refractivity contribution in [2.24, 2.45) is 0 Å². The molecule has 104 valence electrons. The van der Waals surface area contributed by atoms with E-state index in [1.54, 1.807) is 4.90 Å². The minimum atomic E-state index is -0.459. The highest BCUT2D eigenvalue weighted by Crippen LogP contribution is 2.22. The van der Waals surface area contributed by atoms with Crippen molar-refractivity contribution in [2.75, 3.05) is 26.2 Å². The summed E-state index contributed by atoms with van der Waals surface area (Å²) in [7, 11) is 0. The lowest BCUT2D eigenvalue weighted by atomic mass is 9.96. The Balaban J connectivity index is 1.94. The van der Waals surface area contributed by atoms with Crippen LogP contribution in [0.5, 0.6) is 0 Å². The number of nitrogens with zero attached hydrogens (tertiary/aromatic N) is 2. The molecule has 1 amide bonds. The molecule has 5 nitrogen and oxygen atoms in total. The van der Waals surface area contributed by atoms with E-state index in [9.17, 15) is 9.90 Å². The number of hydrogen-bond donors (Lipinski definition) is 1. The van der Waals surface area contributed by atoms with Gasteiger partial charge in [-0.05, 0) is 40.2 Å². The second-order valence-electron chi connectivity index (χ2n) is 6.24. The third kappa shape index (κ3) is 3.14. The van der Waals surface area contributed by atoms with Crippen LogP contribution >= 0.6 is 0 Å². The van der Waals surface area contributed by atoms with Crippen LogP contribution in [0.25, 0.3) is 0 Å². The van der Waals surface area contributed by atoms with Crippen LogP contribution < -0.4 is 0 Å². The Bertz CT molecular complexity index is 314. The highest BCUT2D eigenvalue weighted by molar-refractivity contribution is 5.68. The topological polar surface area (TPSA) is 53.0 Å². The number of amides is 1. The summed E-state index contributed by atoms with van der Waals surface area (Å²) in [6.45, 7) is 8.75. The molecule has 2 fully saturated rings. The van der Waals surface area contributed by atoms with Gasteiger partial charge in [0.05, 0.1) is 12.1 Å². The summed E-state index contributed by atoms with van der Waals surface area (Å²) < 4.78 is 5.38. The van der Waals surface area contributed by atoms with Gasteiger partial charge in [-0.15, -0.1) is 0 Å². The largest absolute Gasteiger partial charge is 0.444 e. The molecule has 0 aliphatic carbocycles. The lowest BCUT2D eigenvalue weighted by Crippen LogP contribution is -2.61. The zero-order valence-electron chi connectivity index (χ0n) is 11.6. The van der Waals surface area contributed by atoms with Crippen LogP contribution in [-0.4, -0.2) is 64.9 Å². The number of piperazine rings is 1. The second-order valence-corrected chi connectivity index (χ2v) is 6.24. The Hall–Kier alpha value is -0.810. The summed E-state index contributed by atoms with van der Waals surface area (Å²) in [5, 5.41) is 10.0. The average Bonchev–Trinajstić information content (AvgIpc) is 2.27. The van der Waals surface area contributed by atoms with Gasteiger partial charge in [-0.2, -0.15) is 0 Å². The fraction of sp³-hybridized carbons (Fsp3) is 0.923. The summed E-state index contributed by atoms with van der Waals surface area (Å²) in [6, 6.07) is 0.0834. The molecule has 0 spiro atoms. The van der Waals surface area contributed by atoms with Gasteiger partial charge in [-0.3, -0.25) is 4.90 Å². The van der Waals surface area contributed by atoms with Crippen molar-refractivity contribution in [3.63, 3.8) is 0 Å². The van der Waals surface area contributed by atoms with Gasteiger partial charge in [0, 0.05) is 19.6 Å². The monoisotopic (exact) mass is 256 g/mol. The molecular weight excluding hydrogens is 232 g/mol. The Labute approximate surface area is 109 Å². The van der Waals surface area contributed by atoms with Crippen molar-refractivity contribution in [1.82, 2.24) is 9.80 Å². The van der Waals surface area contributed by atoms with Crippen LogP contribution in [0.2, 0.25) is 0 Å². The minimum Gasteiger partial charge on any atom is -0.444 e. The molecule has 2 aliphatic rings. The van der Waals surface area contributed by atoms with Gasteiger partial charge >= 0.3 is 6.09 Å². The molecule has 0 radical (unpaired) electrons. The van der Waals surface area contributed by atoms with Crippen LogP contribution in [0.4, 0.5) is 4.79 Å². The van der Waals surface area contributed by atoms with Crippen LogP contribution in [0.15, 0.2) is 0 Å². The third-order valence-corrected chi connectivity index (χ3v) is 3.57. The first kappa shape index (κ1) is 13.6. The van der Waals surface area contributed by atoms with Crippen LogP contribution in [0, 0.1) is 0 Å². The molecule has 2 unspecified atom stereocenters. The normalized spacial score (nSPS) is 29.9. The van der Waals surface area contributed by atoms with E-state index in [2.05, 4.69) is 4.90 Å². The SMILES string of the molecule is CC(C)(C)OC(=O)N1CCN2CCCC(O)C2C1. The first-order valence-corrected chi connectivity index (χ1v) is 6.77. The quantitative estimate of drug-likeness (QED) is 0.704. The number of aliphatic hydroxyl groups excluding tert-OH is 1. The molecule has 0 saturated carbocycles. The number of piperidine rings is 1. The molecule has 0 bridgehead atoms. The standard InChI is InChI=1S/C13H24N2O3/c1-13(2,3)18-12(17)15-8-7-14-6-4-5-11(16)10(14)9-15/h10-11,16H,4-9H2,1-3H3. The molecule has 2 heterocycles. The maximum Gasteiger partial charge on any atom is 0.410 e. The van der Waals surface area contributed by atoms with Crippen molar-refractivity contribution < 1.29 is 14.6 Å². The van der Waals surface area contributed by atoms with E-state index in [-0.39, 0.29) is 18.2 Å². The Kier molecular flexibility index (Phi) is 3.82. The molecule has 2 atom stereocenters. The van der Waals surface area contributed by atoms with E-state index in [0.717, 1.165) is 25.9 Å². The van der Waals surface area contributed by atoms with Crippen LogP contribution in [-0.2, 0) is 4.74 Å². The lowest BCUT2D eigenvalue weighted by Gasteiger charge is -2.46. The van der Waals surface area contributed by atoms with Gasteiger partial charge in [-0.1, -0.05) is 0 Å². The Morgan fingerprint density at radius 1 is 1.28 bits per heavy atom. The van der Waals surface area contributed by atoms with E-state index in [1.165, 1.54) is 0 Å². The summed E-state index contributed by atoms with van der Waals surface area (Å²) in [5.74, 6) is 0. The van der Waals surface area contributed by atoms with Crippen LogP contribution in [0.3, 0.4) is 0 Å². The molecule has 2 rings (SSSR count). The third-order valence-electron chi connectivity index (χ3n) is 3.57. The number of rotatable bonds is 0. The minimum absolute atomic E-state index is 0.0834. The zero-order chi connectivity index (χ0) is 13.3. The Morgan fingerprint density at radius 2 is 2.00 bits per heavy atom. The first-order chi connectivity index (χ1) is 8.37. The first-order valence-electron chi connectivity index (χ1n) is 6.77. The van der Waals surface area contributed by atoms with E-state index >= 15 is 0 Å². The summed E-state index contributed by atoms with van der Waals surface area (Å²) in [6.07, 6.45) is 1.30. The summed E-state index contributed by atoms with van der Waals surface area (Å²) in [4.78, 5) is 16.0. The van der Waals surface area contributed by atoms with E-state index < -0.39 is 5.60 Å². The zero-order valence-corrected chi connectivity index (χ0v) is 11.6. The molecule has 2 aliphatic heterocycles. The van der Waals surface area contributed by atoms with Gasteiger partial charge in [0.1, 0.15) is 5.60 Å². The van der Waals surface area contributed by atoms with E-state index in [1.807, 2.05) is 20.8 Å². The highest BCUT2D eigenvalue weighted by Gasteiger charge is 2.37. The maximum absolute atomic E-state index is 12.0. The fourth-order valence-corrected chi connectivity index (χ4v) is 2.68. The summed E-state index contributed by atoms with van der Waals surface area (Å²) in [5.41, 5.74) is -0.459.